The predicted octanol–water partition coefficient (Wildman–Crippen LogP) is 3.91. The van der Waals surface area contributed by atoms with Crippen LogP contribution >= 0.6 is 22.7 Å². The first-order valence-corrected chi connectivity index (χ1v) is 7.62. The van der Waals surface area contributed by atoms with Crippen molar-refractivity contribution in [2.45, 2.75) is 19.4 Å². The number of rotatable bonds is 3. The maximum absolute atomic E-state index is 6.33. The van der Waals surface area contributed by atoms with E-state index in [-0.39, 0.29) is 6.04 Å². The summed E-state index contributed by atoms with van der Waals surface area (Å²) in [4.78, 5) is 4.49. The molecule has 1 unspecified atom stereocenters. The van der Waals surface area contributed by atoms with Gasteiger partial charge in [0, 0.05) is 28.2 Å². The number of thiazole rings is 1. The molecule has 3 aromatic rings. The molecule has 1 aromatic carbocycles. The van der Waals surface area contributed by atoms with Gasteiger partial charge in [0.25, 0.3) is 0 Å². The van der Waals surface area contributed by atoms with E-state index in [4.69, 9.17) is 5.73 Å². The maximum Gasteiger partial charge on any atom is 0.0947 e. The highest BCUT2D eigenvalue weighted by atomic mass is 32.1. The van der Waals surface area contributed by atoms with Gasteiger partial charge in [0.2, 0.25) is 0 Å². The molecule has 2 aromatic heterocycles. The number of nitrogens with zero attached hydrogens (tertiary/aromatic N) is 1. The second-order valence-corrected chi connectivity index (χ2v) is 6.24. The Morgan fingerprint density at radius 2 is 2.17 bits per heavy atom. The summed E-state index contributed by atoms with van der Waals surface area (Å²) in [5, 5.41) is 6.60. The third-order valence-electron chi connectivity index (χ3n) is 2.97. The van der Waals surface area contributed by atoms with Crippen LogP contribution in [0.5, 0.6) is 0 Å². The maximum atomic E-state index is 6.33. The van der Waals surface area contributed by atoms with Gasteiger partial charge >= 0.3 is 0 Å². The molecule has 0 bridgehead atoms. The predicted molar refractivity (Wildman–Crippen MR) is 79.3 cm³/mol. The molecule has 2 nitrogen and oxygen atoms in total. The normalized spacial score (nSPS) is 13.0. The van der Waals surface area contributed by atoms with Crippen molar-refractivity contribution >= 4 is 32.8 Å². The fourth-order valence-electron chi connectivity index (χ4n) is 2.10. The van der Waals surface area contributed by atoms with Crippen molar-refractivity contribution in [2.24, 2.45) is 5.73 Å². The number of nitrogens with two attached hydrogens (primary N) is 1. The Bertz CT molecular complexity index is 669. The van der Waals surface area contributed by atoms with Crippen LogP contribution in [0.3, 0.4) is 0 Å². The first-order chi connectivity index (χ1) is 8.74. The Balaban J connectivity index is 1.92. The number of aromatic nitrogens is 1. The SMILES string of the molecule is Cc1csc(CC(N)c2cccc3ccsc23)n1. The van der Waals surface area contributed by atoms with E-state index in [9.17, 15) is 0 Å². The third-order valence-corrected chi connectivity index (χ3v) is 4.94. The minimum atomic E-state index is 0.0258. The second kappa shape index (κ2) is 4.80. The van der Waals surface area contributed by atoms with Crippen LogP contribution in [-0.4, -0.2) is 4.98 Å². The topological polar surface area (TPSA) is 38.9 Å². The summed E-state index contributed by atoms with van der Waals surface area (Å²) in [5.74, 6) is 0. The number of fused-ring (bicyclic) bond motifs is 1. The molecule has 0 amide bonds. The molecular weight excluding hydrogens is 260 g/mol. The van der Waals surface area contributed by atoms with E-state index in [1.165, 1.54) is 15.6 Å². The molecule has 18 heavy (non-hydrogen) atoms. The van der Waals surface area contributed by atoms with Gasteiger partial charge in [-0.3, -0.25) is 0 Å². The highest BCUT2D eigenvalue weighted by molar-refractivity contribution is 7.17. The molecule has 4 heteroatoms. The summed E-state index contributed by atoms with van der Waals surface area (Å²) in [6, 6.07) is 8.51. The van der Waals surface area contributed by atoms with Crippen molar-refractivity contribution in [3.8, 4) is 0 Å². The van der Waals surface area contributed by atoms with E-state index < -0.39 is 0 Å². The van der Waals surface area contributed by atoms with Crippen LogP contribution in [0.2, 0.25) is 0 Å². The van der Waals surface area contributed by atoms with Gasteiger partial charge in [0.05, 0.1) is 5.01 Å². The van der Waals surface area contributed by atoms with Crippen LogP contribution in [0.15, 0.2) is 35.0 Å². The summed E-state index contributed by atoms with van der Waals surface area (Å²) >= 11 is 3.45. The lowest BCUT2D eigenvalue weighted by atomic mass is 10.0. The van der Waals surface area contributed by atoms with Crippen LogP contribution in [0.4, 0.5) is 0 Å². The summed E-state index contributed by atoms with van der Waals surface area (Å²) in [6.45, 7) is 2.02. The molecule has 0 saturated carbocycles. The monoisotopic (exact) mass is 274 g/mol. The van der Waals surface area contributed by atoms with E-state index in [0.29, 0.717) is 0 Å². The van der Waals surface area contributed by atoms with Crippen LogP contribution in [0, 0.1) is 6.92 Å². The van der Waals surface area contributed by atoms with Crippen molar-refractivity contribution in [3.63, 3.8) is 0 Å². The second-order valence-electron chi connectivity index (χ2n) is 4.38. The molecule has 0 saturated heterocycles. The molecule has 3 rings (SSSR count). The van der Waals surface area contributed by atoms with Gasteiger partial charge in [-0.15, -0.1) is 22.7 Å². The Hall–Kier alpha value is -1.23. The number of aryl methyl sites for hydroxylation is 1. The van der Waals surface area contributed by atoms with Crippen LogP contribution in [0.25, 0.3) is 10.1 Å². The molecule has 0 radical (unpaired) electrons. The van der Waals surface area contributed by atoms with Crippen molar-refractivity contribution in [1.82, 2.24) is 4.98 Å². The summed E-state index contributed by atoms with van der Waals surface area (Å²) < 4.78 is 1.30. The zero-order valence-electron chi connectivity index (χ0n) is 10.1. The lowest BCUT2D eigenvalue weighted by molar-refractivity contribution is 0.723. The third kappa shape index (κ3) is 2.19. The molecule has 0 aliphatic rings. The van der Waals surface area contributed by atoms with Gasteiger partial charge in [0.15, 0.2) is 0 Å². The molecule has 0 fully saturated rings. The quantitative estimate of drug-likeness (QED) is 0.786. The van der Waals surface area contributed by atoms with Crippen LogP contribution in [0.1, 0.15) is 22.3 Å². The first kappa shape index (κ1) is 11.8. The van der Waals surface area contributed by atoms with Crippen molar-refractivity contribution in [2.75, 3.05) is 0 Å². The van der Waals surface area contributed by atoms with Crippen molar-refractivity contribution in [3.05, 3.63) is 51.3 Å². The summed E-state index contributed by atoms with van der Waals surface area (Å²) in [5.41, 5.74) is 8.65. The summed E-state index contributed by atoms with van der Waals surface area (Å²) in [6.07, 6.45) is 0.815. The Morgan fingerprint density at radius 1 is 1.28 bits per heavy atom. The van der Waals surface area contributed by atoms with Crippen molar-refractivity contribution < 1.29 is 0 Å². The van der Waals surface area contributed by atoms with E-state index in [0.717, 1.165) is 17.1 Å². The van der Waals surface area contributed by atoms with Gasteiger partial charge < -0.3 is 5.73 Å². The lowest BCUT2D eigenvalue weighted by Crippen LogP contribution is -2.13. The fraction of sp³-hybridized carbons (Fsp3) is 0.214. The number of hydrogen-bond donors (Lipinski definition) is 1. The number of hydrogen-bond acceptors (Lipinski definition) is 4. The average Bonchev–Trinajstić information content (AvgIpc) is 2.97. The van der Waals surface area contributed by atoms with Gasteiger partial charge in [-0.2, -0.15) is 0 Å². The van der Waals surface area contributed by atoms with Gasteiger partial charge in [0.1, 0.15) is 0 Å². The van der Waals surface area contributed by atoms with Gasteiger partial charge in [-0.05, 0) is 29.3 Å². The smallest absolute Gasteiger partial charge is 0.0947 e. The highest BCUT2D eigenvalue weighted by Crippen LogP contribution is 2.29. The van der Waals surface area contributed by atoms with Crippen molar-refractivity contribution in [1.29, 1.82) is 0 Å². The molecule has 92 valence electrons. The number of thiophene rings is 1. The summed E-state index contributed by atoms with van der Waals surface area (Å²) in [7, 11) is 0. The standard InChI is InChI=1S/C14H14N2S2/c1-9-8-18-13(16-9)7-12(15)11-4-2-3-10-5-6-17-14(10)11/h2-6,8,12H,7,15H2,1H3. The van der Waals surface area contributed by atoms with Gasteiger partial charge in [-0.1, -0.05) is 18.2 Å². The first-order valence-electron chi connectivity index (χ1n) is 5.87. The van der Waals surface area contributed by atoms with Crippen LogP contribution < -0.4 is 5.73 Å². The average molecular weight is 274 g/mol. The molecule has 0 aliphatic carbocycles. The lowest BCUT2D eigenvalue weighted by Gasteiger charge is -2.11. The molecule has 0 aliphatic heterocycles. The molecule has 2 N–H and O–H groups in total. The molecule has 1 atom stereocenters. The Kier molecular flexibility index (Phi) is 3.16. The highest BCUT2D eigenvalue weighted by Gasteiger charge is 2.13. The molecule has 2 heterocycles. The zero-order chi connectivity index (χ0) is 12.5. The van der Waals surface area contributed by atoms with Gasteiger partial charge in [-0.25, -0.2) is 4.98 Å². The number of benzene rings is 1. The molecular formula is C14H14N2S2. The Labute approximate surface area is 114 Å². The Morgan fingerprint density at radius 3 is 2.94 bits per heavy atom. The largest absolute Gasteiger partial charge is 0.324 e. The van der Waals surface area contributed by atoms with E-state index in [2.05, 4.69) is 40.0 Å². The zero-order valence-corrected chi connectivity index (χ0v) is 11.7. The minimum Gasteiger partial charge on any atom is -0.324 e. The molecule has 0 spiro atoms. The van der Waals surface area contributed by atoms with E-state index >= 15 is 0 Å². The van der Waals surface area contributed by atoms with E-state index in [1.807, 2.05) is 6.92 Å². The fourth-order valence-corrected chi connectivity index (χ4v) is 3.91. The minimum absolute atomic E-state index is 0.0258. The van der Waals surface area contributed by atoms with E-state index in [1.54, 1.807) is 22.7 Å². The van der Waals surface area contributed by atoms with Crippen LogP contribution in [-0.2, 0) is 6.42 Å².